The molecular weight excluding hydrogens is 231 g/mol. The topological polar surface area (TPSA) is 101 Å². The van der Waals surface area contributed by atoms with E-state index in [1.165, 1.54) is 4.68 Å². The Hall–Kier alpha value is -0.840. The van der Waals surface area contributed by atoms with E-state index < -0.39 is 18.5 Å². The third-order valence-electron chi connectivity index (χ3n) is 3.01. The minimum absolute atomic E-state index is 0.00144. The van der Waals surface area contributed by atoms with Gasteiger partial charge in [-0.1, -0.05) is 19.3 Å². The molecule has 90 valence electrons. The zero-order valence-electron chi connectivity index (χ0n) is 8.72. The maximum atomic E-state index is 11.7. The minimum Gasteiger partial charge on any atom is -0.807 e. The molecule has 0 unspecified atom stereocenters. The standard InChI is InChI=1S/C9H15N2O4P/c12-9-8(16(13,14)15)6-10-11(9)7-4-2-1-3-5-7/h6-7,10H,1-5H2,(H2,13,14,15)/p-2. The lowest BCUT2D eigenvalue weighted by molar-refractivity contribution is -0.308. The second-order valence-corrected chi connectivity index (χ2v) is 5.60. The fraction of sp³-hybridized carbons (Fsp3) is 0.667. The zero-order chi connectivity index (χ0) is 11.8. The Kier molecular flexibility index (Phi) is 3.06. The van der Waals surface area contributed by atoms with E-state index in [0.29, 0.717) is 0 Å². The highest BCUT2D eigenvalue weighted by Gasteiger charge is 2.19. The van der Waals surface area contributed by atoms with E-state index in [1.807, 2.05) is 0 Å². The smallest absolute Gasteiger partial charge is 0.275 e. The average Bonchev–Trinajstić information content (AvgIpc) is 2.61. The molecule has 0 aliphatic heterocycles. The van der Waals surface area contributed by atoms with Crippen LogP contribution in [-0.2, 0) is 4.57 Å². The van der Waals surface area contributed by atoms with Gasteiger partial charge in [-0.2, -0.15) is 0 Å². The molecule has 1 aliphatic carbocycles. The number of H-pyrrole nitrogens is 1. The molecular formula is C9H13N2O4P-2. The van der Waals surface area contributed by atoms with Crippen LogP contribution in [0.15, 0.2) is 11.0 Å². The minimum atomic E-state index is -4.95. The summed E-state index contributed by atoms with van der Waals surface area (Å²) in [6, 6.07) is 0.00144. The summed E-state index contributed by atoms with van der Waals surface area (Å²) in [4.78, 5) is 33.3. The van der Waals surface area contributed by atoms with Crippen molar-refractivity contribution in [2.45, 2.75) is 38.1 Å². The van der Waals surface area contributed by atoms with Gasteiger partial charge in [0.25, 0.3) is 5.56 Å². The van der Waals surface area contributed by atoms with Crippen molar-refractivity contribution in [2.75, 3.05) is 0 Å². The van der Waals surface area contributed by atoms with Crippen LogP contribution in [0.3, 0.4) is 0 Å². The third-order valence-corrected chi connectivity index (χ3v) is 3.92. The van der Waals surface area contributed by atoms with Gasteiger partial charge in [0.05, 0.1) is 11.3 Å². The van der Waals surface area contributed by atoms with Crippen LogP contribution in [-0.4, -0.2) is 9.78 Å². The van der Waals surface area contributed by atoms with Gasteiger partial charge in [0.1, 0.15) is 0 Å². The Balaban J connectivity index is 2.33. The van der Waals surface area contributed by atoms with Crippen LogP contribution in [0.4, 0.5) is 0 Å². The van der Waals surface area contributed by atoms with Crippen LogP contribution in [0.2, 0.25) is 0 Å². The van der Waals surface area contributed by atoms with E-state index in [4.69, 9.17) is 0 Å². The van der Waals surface area contributed by atoms with Crippen LogP contribution < -0.4 is 20.7 Å². The van der Waals surface area contributed by atoms with Crippen molar-refractivity contribution in [3.8, 4) is 0 Å². The second kappa shape index (κ2) is 4.20. The molecule has 1 N–H and O–H groups in total. The quantitative estimate of drug-likeness (QED) is 0.689. The molecule has 1 aliphatic rings. The zero-order valence-corrected chi connectivity index (χ0v) is 9.61. The van der Waals surface area contributed by atoms with E-state index in [0.717, 1.165) is 38.3 Å². The van der Waals surface area contributed by atoms with Crippen molar-refractivity contribution in [1.82, 2.24) is 9.78 Å². The Morgan fingerprint density at radius 1 is 1.31 bits per heavy atom. The van der Waals surface area contributed by atoms with Crippen LogP contribution in [0, 0.1) is 0 Å². The predicted molar refractivity (Wildman–Crippen MR) is 54.4 cm³/mol. The number of hydrogen-bond acceptors (Lipinski definition) is 4. The van der Waals surface area contributed by atoms with Crippen molar-refractivity contribution in [1.29, 1.82) is 0 Å². The summed E-state index contributed by atoms with van der Waals surface area (Å²) in [6.45, 7) is 0. The first-order valence-corrected chi connectivity index (χ1v) is 6.87. The van der Waals surface area contributed by atoms with Gasteiger partial charge < -0.3 is 19.5 Å². The summed E-state index contributed by atoms with van der Waals surface area (Å²) >= 11 is 0. The molecule has 6 nitrogen and oxygen atoms in total. The summed E-state index contributed by atoms with van der Waals surface area (Å²) in [5, 5.41) is 1.93. The van der Waals surface area contributed by atoms with E-state index in [2.05, 4.69) is 5.10 Å². The van der Waals surface area contributed by atoms with Crippen LogP contribution in [0.5, 0.6) is 0 Å². The van der Waals surface area contributed by atoms with Crippen molar-refractivity contribution in [3.05, 3.63) is 16.6 Å². The lowest BCUT2D eigenvalue weighted by Gasteiger charge is -2.27. The highest BCUT2D eigenvalue weighted by molar-refractivity contribution is 7.57. The van der Waals surface area contributed by atoms with Crippen LogP contribution >= 0.6 is 7.60 Å². The molecule has 0 aromatic carbocycles. The molecule has 1 aromatic rings. The van der Waals surface area contributed by atoms with Gasteiger partial charge in [0, 0.05) is 6.20 Å². The monoisotopic (exact) mass is 244 g/mol. The Labute approximate surface area is 92.4 Å². The fourth-order valence-corrected chi connectivity index (χ4v) is 2.74. The molecule has 0 bridgehead atoms. The predicted octanol–water partition coefficient (Wildman–Crippen LogP) is -0.779. The third kappa shape index (κ3) is 2.14. The highest BCUT2D eigenvalue weighted by atomic mass is 31.2. The molecule has 0 amide bonds. The first kappa shape index (κ1) is 11.6. The average molecular weight is 244 g/mol. The Morgan fingerprint density at radius 2 is 1.94 bits per heavy atom. The number of aromatic nitrogens is 2. The summed E-state index contributed by atoms with van der Waals surface area (Å²) in [5.41, 5.74) is -0.708. The van der Waals surface area contributed by atoms with Crippen molar-refractivity contribution >= 4 is 12.9 Å². The van der Waals surface area contributed by atoms with Crippen LogP contribution in [0.25, 0.3) is 0 Å². The molecule has 1 fully saturated rings. The molecule has 1 heterocycles. The highest BCUT2D eigenvalue weighted by Crippen LogP contribution is 2.27. The van der Waals surface area contributed by atoms with Gasteiger partial charge in [-0.05, 0) is 20.4 Å². The fourth-order valence-electron chi connectivity index (χ4n) is 2.18. The molecule has 1 saturated carbocycles. The number of rotatable bonds is 2. The second-order valence-electron chi connectivity index (χ2n) is 4.12. The Morgan fingerprint density at radius 3 is 2.44 bits per heavy atom. The number of hydrogen-bond donors (Lipinski definition) is 1. The number of aromatic amines is 1. The molecule has 16 heavy (non-hydrogen) atoms. The molecule has 7 heteroatoms. The summed E-state index contributed by atoms with van der Waals surface area (Å²) in [6.07, 6.45) is 5.89. The van der Waals surface area contributed by atoms with Gasteiger partial charge >= 0.3 is 0 Å². The molecule has 1 aromatic heterocycles. The van der Waals surface area contributed by atoms with Gasteiger partial charge in [-0.25, -0.2) is 4.68 Å². The van der Waals surface area contributed by atoms with Gasteiger partial charge in [0.2, 0.25) is 0 Å². The molecule has 0 atom stereocenters. The first-order chi connectivity index (χ1) is 7.50. The lowest BCUT2D eigenvalue weighted by atomic mass is 9.96. The maximum absolute atomic E-state index is 11.7. The van der Waals surface area contributed by atoms with Crippen LogP contribution in [0.1, 0.15) is 38.1 Å². The van der Waals surface area contributed by atoms with Crippen molar-refractivity contribution in [3.63, 3.8) is 0 Å². The van der Waals surface area contributed by atoms with E-state index in [1.54, 1.807) is 0 Å². The van der Waals surface area contributed by atoms with E-state index in [-0.39, 0.29) is 6.04 Å². The molecule has 0 radical (unpaired) electrons. The van der Waals surface area contributed by atoms with Crippen molar-refractivity contribution in [2.24, 2.45) is 0 Å². The molecule has 0 saturated heterocycles. The van der Waals surface area contributed by atoms with E-state index in [9.17, 15) is 19.1 Å². The molecule has 0 spiro atoms. The first-order valence-electron chi connectivity index (χ1n) is 5.32. The molecule has 2 rings (SSSR count). The van der Waals surface area contributed by atoms with Gasteiger partial charge in [-0.15, -0.1) is 0 Å². The van der Waals surface area contributed by atoms with Gasteiger partial charge in [0.15, 0.2) is 0 Å². The van der Waals surface area contributed by atoms with E-state index >= 15 is 0 Å². The lowest BCUT2D eigenvalue weighted by Crippen LogP contribution is -2.37. The maximum Gasteiger partial charge on any atom is 0.275 e. The van der Waals surface area contributed by atoms with Crippen molar-refractivity contribution < 1.29 is 14.4 Å². The summed E-state index contributed by atoms with van der Waals surface area (Å²) in [7, 11) is -4.95. The number of nitrogens with zero attached hydrogens (tertiary/aromatic N) is 1. The Bertz CT molecular complexity index is 466. The largest absolute Gasteiger partial charge is 0.807 e. The summed E-state index contributed by atoms with van der Waals surface area (Å²) < 4.78 is 12.1. The SMILES string of the molecule is O=c1c(P(=O)([O-])[O-])c[nH]n1C1CCCCC1. The summed E-state index contributed by atoms with van der Waals surface area (Å²) in [5.74, 6) is 0. The normalized spacial score (nSPS) is 18.9. The van der Waals surface area contributed by atoms with Gasteiger partial charge in [-0.3, -0.25) is 4.79 Å². The number of nitrogens with one attached hydrogen (secondary N) is 1.